The summed E-state index contributed by atoms with van der Waals surface area (Å²) in [6.45, 7) is 7.00. The third kappa shape index (κ3) is 6.29. The number of hydrogen-bond donors (Lipinski definition) is 2. The molecule has 0 bridgehead atoms. The Labute approximate surface area is 222 Å². The molecular formula is C27H35N7O4. The lowest BCUT2D eigenvalue weighted by atomic mass is 10.1. The molecule has 1 aromatic heterocycles. The Bertz CT molecular complexity index is 1320. The lowest BCUT2D eigenvalue weighted by Crippen LogP contribution is -2.49. The fourth-order valence-electron chi connectivity index (χ4n) is 4.32. The molecule has 2 heterocycles. The zero-order chi connectivity index (χ0) is 27.2. The normalized spacial score (nSPS) is 12.8. The summed E-state index contributed by atoms with van der Waals surface area (Å²) in [5.74, 6) is -0.680. The molecule has 0 saturated heterocycles. The minimum atomic E-state index is -0.547. The molecule has 2 N–H and O–H groups in total. The number of anilines is 1. The van der Waals surface area contributed by atoms with E-state index in [0.29, 0.717) is 37.4 Å². The number of carbonyl (C=O) groups excluding carboxylic acids is 2. The predicted molar refractivity (Wildman–Crippen MR) is 144 cm³/mol. The second-order valence-corrected chi connectivity index (χ2v) is 9.36. The van der Waals surface area contributed by atoms with Gasteiger partial charge in [0, 0.05) is 51.5 Å². The third-order valence-corrected chi connectivity index (χ3v) is 6.70. The maximum Gasteiger partial charge on any atom is 0.437 e. The van der Waals surface area contributed by atoms with Gasteiger partial charge < -0.3 is 20.0 Å². The van der Waals surface area contributed by atoms with Crippen LogP contribution in [0.3, 0.4) is 0 Å². The molecule has 0 unspecified atom stereocenters. The summed E-state index contributed by atoms with van der Waals surface area (Å²) in [5.41, 5.74) is 4.67. The molecule has 202 valence electrons. The predicted octanol–water partition coefficient (Wildman–Crippen LogP) is 1.59. The summed E-state index contributed by atoms with van der Waals surface area (Å²) in [6.07, 6.45) is 0. The third-order valence-electron chi connectivity index (χ3n) is 6.70. The van der Waals surface area contributed by atoms with E-state index in [-0.39, 0.29) is 30.8 Å². The molecule has 1 aliphatic rings. The van der Waals surface area contributed by atoms with Gasteiger partial charge >= 0.3 is 5.76 Å². The molecule has 4 rings (SSSR count). The molecule has 3 aromatic rings. The van der Waals surface area contributed by atoms with Gasteiger partial charge in [0.15, 0.2) is 0 Å². The average molecular weight is 522 g/mol. The van der Waals surface area contributed by atoms with Crippen LogP contribution in [0.4, 0.5) is 5.69 Å². The van der Waals surface area contributed by atoms with E-state index in [1.54, 1.807) is 23.0 Å². The Morgan fingerprint density at radius 1 is 1.11 bits per heavy atom. The van der Waals surface area contributed by atoms with Gasteiger partial charge in [0.2, 0.25) is 11.8 Å². The Kier molecular flexibility index (Phi) is 8.59. The van der Waals surface area contributed by atoms with Crippen molar-refractivity contribution in [1.29, 1.82) is 0 Å². The minimum absolute atomic E-state index is 0.00867. The van der Waals surface area contributed by atoms with Crippen LogP contribution < -0.4 is 16.4 Å². The molecule has 0 aliphatic carbocycles. The highest BCUT2D eigenvalue weighted by molar-refractivity contribution is 5.87. The van der Waals surface area contributed by atoms with Crippen molar-refractivity contribution < 1.29 is 14.0 Å². The summed E-state index contributed by atoms with van der Waals surface area (Å²) in [6, 6.07) is 13.6. The molecule has 2 amide bonds. The van der Waals surface area contributed by atoms with Crippen molar-refractivity contribution in [2.24, 2.45) is 7.05 Å². The molecule has 0 radical (unpaired) electrons. The average Bonchev–Trinajstić information content (AvgIpc) is 3.49. The smallest absolute Gasteiger partial charge is 0.388 e. The van der Waals surface area contributed by atoms with E-state index in [0.717, 1.165) is 16.8 Å². The van der Waals surface area contributed by atoms with Gasteiger partial charge in [0.25, 0.3) is 5.91 Å². The number of nitrogens with one attached hydrogen (secondary N) is 2. The van der Waals surface area contributed by atoms with E-state index >= 15 is 0 Å². The summed E-state index contributed by atoms with van der Waals surface area (Å²) in [5, 5.41) is 14.1. The van der Waals surface area contributed by atoms with E-state index in [2.05, 4.69) is 27.9 Å². The largest absolute Gasteiger partial charge is 0.437 e. The zero-order valence-electron chi connectivity index (χ0n) is 22.4. The molecule has 38 heavy (non-hydrogen) atoms. The lowest BCUT2D eigenvalue weighted by molar-refractivity contribution is -0.151. The van der Waals surface area contributed by atoms with Crippen molar-refractivity contribution in [3.8, 4) is 11.5 Å². The quantitative estimate of drug-likeness (QED) is 0.366. The number of rotatable bonds is 11. The number of hydrazine groups is 1. The van der Waals surface area contributed by atoms with Crippen LogP contribution in [0.2, 0.25) is 0 Å². The first-order valence-corrected chi connectivity index (χ1v) is 12.7. The van der Waals surface area contributed by atoms with Crippen molar-refractivity contribution >= 4 is 17.5 Å². The number of benzene rings is 2. The summed E-state index contributed by atoms with van der Waals surface area (Å²) < 4.78 is 6.31. The van der Waals surface area contributed by atoms with Crippen molar-refractivity contribution in [3.63, 3.8) is 0 Å². The Morgan fingerprint density at radius 3 is 2.45 bits per heavy atom. The van der Waals surface area contributed by atoms with Gasteiger partial charge in [-0.1, -0.05) is 37.3 Å². The van der Waals surface area contributed by atoms with Gasteiger partial charge in [-0.25, -0.2) is 9.80 Å². The van der Waals surface area contributed by atoms with Gasteiger partial charge in [-0.05, 0) is 42.3 Å². The molecule has 2 aromatic carbocycles. The van der Waals surface area contributed by atoms with Gasteiger partial charge in [0.05, 0.1) is 6.54 Å². The van der Waals surface area contributed by atoms with Crippen molar-refractivity contribution in [3.05, 3.63) is 69.7 Å². The van der Waals surface area contributed by atoms with Gasteiger partial charge in [-0.15, -0.1) is 5.10 Å². The monoisotopic (exact) mass is 521 g/mol. The summed E-state index contributed by atoms with van der Waals surface area (Å²) in [4.78, 5) is 39.7. The number of amides is 2. The first-order valence-electron chi connectivity index (χ1n) is 12.7. The highest BCUT2D eigenvalue weighted by atomic mass is 16.4. The van der Waals surface area contributed by atoms with Gasteiger partial charge in [-0.3, -0.25) is 14.6 Å². The van der Waals surface area contributed by atoms with Crippen LogP contribution in [-0.2, 0) is 29.7 Å². The van der Waals surface area contributed by atoms with E-state index in [4.69, 9.17) is 4.42 Å². The van der Waals surface area contributed by atoms with Crippen LogP contribution in [0.1, 0.15) is 23.6 Å². The van der Waals surface area contributed by atoms with Crippen LogP contribution in [0, 0.1) is 6.92 Å². The maximum atomic E-state index is 13.3. The number of fused-ring (bicyclic) bond motifs is 1. The Hall–Kier alpha value is -3.96. The number of likely N-dealkylation sites (N-methyl/N-ethyl adjacent to an activating group) is 2. The standard InChI is InChI=1S/C27H35N7O4/c1-5-28-12-13-33(18-25(36)32(4)34-16-21-8-6-7-9-22(21)17-34)24(35)15-29-23-14-20(11-10-19(23)2)26-30-31(3)27(37)38-26/h6-11,14,28-29H,5,12-13,15-18H2,1-4H3. The molecule has 1 aliphatic heterocycles. The van der Waals surface area contributed by atoms with E-state index < -0.39 is 5.76 Å². The number of aryl methyl sites for hydroxylation is 2. The highest BCUT2D eigenvalue weighted by Gasteiger charge is 2.27. The number of hydrogen-bond acceptors (Lipinski definition) is 8. The minimum Gasteiger partial charge on any atom is -0.388 e. The molecule has 0 fully saturated rings. The zero-order valence-corrected chi connectivity index (χ0v) is 22.4. The van der Waals surface area contributed by atoms with Crippen molar-refractivity contribution in [2.45, 2.75) is 26.9 Å². The SMILES string of the molecule is CCNCCN(CC(=O)N(C)N1Cc2ccccc2C1)C(=O)CNc1cc(-c2nn(C)c(=O)o2)ccc1C. The van der Waals surface area contributed by atoms with Crippen LogP contribution in [0.15, 0.2) is 51.7 Å². The van der Waals surface area contributed by atoms with Crippen molar-refractivity contribution in [1.82, 2.24) is 30.0 Å². The molecule has 11 heteroatoms. The van der Waals surface area contributed by atoms with Crippen molar-refractivity contribution in [2.75, 3.05) is 45.1 Å². The second-order valence-electron chi connectivity index (χ2n) is 9.36. The number of nitrogens with zero attached hydrogens (tertiary/aromatic N) is 5. The molecule has 0 saturated carbocycles. The van der Waals surface area contributed by atoms with E-state index in [9.17, 15) is 14.4 Å². The van der Waals surface area contributed by atoms with Gasteiger partial charge in [0.1, 0.15) is 6.54 Å². The fraction of sp³-hybridized carbons (Fsp3) is 0.407. The Morgan fingerprint density at radius 2 is 1.82 bits per heavy atom. The molecule has 0 atom stereocenters. The highest BCUT2D eigenvalue weighted by Crippen LogP contribution is 2.24. The van der Waals surface area contributed by atoms with Crippen LogP contribution in [0.5, 0.6) is 0 Å². The Balaban J connectivity index is 1.40. The first kappa shape index (κ1) is 27.1. The molecular weight excluding hydrogens is 486 g/mol. The van der Waals surface area contributed by atoms with E-state index in [1.165, 1.54) is 18.2 Å². The first-order chi connectivity index (χ1) is 18.3. The summed E-state index contributed by atoms with van der Waals surface area (Å²) in [7, 11) is 3.27. The van der Waals surface area contributed by atoms with E-state index in [1.807, 2.05) is 43.1 Å². The summed E-state index contributed by atoms with van der Waals surface area (Å²) >= 11 is 0. The lowest BCUT2D eigenvalue weighted by Gasteiger charge is -2.31. The molecule has 0 spiro atoms. The van der Waals surface area contributed by atoms with Crippen LogP contribution >= 0.6 is 0 Å². The fourth-order valence-corrected chi connectivity index (χ4v) is 4.32. The number of carbonyl (C=O) groups is 2. The van der Waals surface area contributed by atoms with Gasteiger partial charge in [-0.2, -0.15) is 4.68 Å². The second kappa shape index (κ2) is 12.1. The topological polar surface area (TPSA) is 116 Å². The number of aromatic nitrogens is 2. The maximum absolute atomic E-state index is 13.3. The molecule has 11 nitrogen and oxygen atoms in total. The van der Waals surface area contributed by atoms with Crippen LogP contribution in [-0.4, -0.2) is 76.3 Å². The van der Waals surface area contributed by atoms with Crippen LogP contribution in [0.25, 0.3) is 11.5 Å².